The number of phenols is 1. The highest BCUT2D eigenvalue weighted by atomic mass is 35.5. The van der Waals surface area contributed by atoms with Crippen molar-refractivity contribution in [2.45, 2.75) is 12.5 Å². The van der Waals surface area contributed by atoms with E-state index >= 15 is 0 Å². The van der Waals surface area contributed by atoms with Crippen molar-refractivity contribution in [3.05, 3.63) is 65.7 Å². The SMILES string of the molecule is Cl.Oc1ccccc1[C@H]1CN(Cc2ccccc2)C[C@@H]1CCl. The molecule has 1 fully saturated rings. The number of phenolic OH excluding ortho intramolecular Hbond substituents is 1. The third kappa shape index (κ3) is 3.75. The van der Waals surface area contributed by atoms with Crippen LogP contribution in [-0.4, -0.2) is 29.0 Å². The van der Waals surface area contributed by atoms with Crippen LogP contribution in [0.4, 0.5) is 0 Å². The number of likely N-dealkylation sites (tertiary alicyclic amines) is 1. The fraction of sp³-hybridized carbons (Fsp3) is 0.333. The van der Waals surface area contributed by atoms with Gasteiger partial charge in [0.05, 0.1) is 0 Å². The summed E-state index contributed by atoms with van der Waals surface area (Å²) >= 11 is 6.16. The summed E-state index contributed by atoms with van der Waals surface area (Å²) < 4.78 is 0. The molecule has 2 aromatic carbocycles. The number of para-hydroxylation sites is 1. The van der Waals surface area contributed by atoms with Gasteiger partial charge in [0.15, 0.2) is 0 Å². The van der Waals surface area contributed by atoms with Gasteiger partial charge in [-0.2, -0.15) is 0 Å². The molecule has 0 aromatic heterocycles. The van der Waals surface area contributed by atoms with Crippen molar-refractivity contribution >= 4 is 24.0 Å². The van der Waals surface area contributed by atoms with E-state index in [9.17, 15) is 5.11 Å². The highest BCUT2D eigenvalue weighted by molar-refractivity contribution is 6.18. The first-order valence-corrected chi connectivity index (χ1v) is 7.91. The fourth-order valence-electron chi connectivity index (χ4n) is 3.24. The van der Waals surface area contributed by atoms with Crippen LogP contribution in [0.1, 0.15) is 17.0 Å². The molecule has 1 N–H and O–H groups in total. The minimum absolute atomic E-state index is 0. The molecule has 1 aliphatic rings. The van der Waals surface area contributed by atoms with Gasteiger partial charge in [0, 0.05) is 31.4 Å². The Morgan fingerprint density at radius 3 is 2.36 bits per heavy atom. The molecule has 2 aromatic rings. The Kier molecular flexibility index (Phi) is 6.13. The average Bonchev–Trinajstić information content (AvgIpc) is 2.91. The number of aromatic hydroxyl groups is 1. The summed E-state index contributed by atoms with van der Waals surface area (Å²) in [4.78, 5) is 2.43. The quantitative estimate of drug-likeness (QED) is 0.842. The largest absolute Gasteiger partial charge is 0.508 e. The summed E-state index contributed by atoms with van der Waals surface area (Å²) in [5.41, 5.74) is 2.35. The molecule has 0 saturated carbocycles. The maximum atomic E-state index is 10.1. The van der Waals surface area contributed by atoms with E-state index in [1.807, 2.05) is 24.3 Å². The van der Waals surface area contributed by atoms with E-state index in [2.05, 4.69) is 29.2 Å². The second kappa shape index (κ2) is 7.87. The molecule has 22 heavy (non-hydrogen) atoms. The van der Waals surface area contributed by atoms with Gasteiger partial charge in [0.2, 0.25) is 0 Å². The highest BCUT2D eigenvalue weighted by Gasteiger charge is 2.34. The van der Waals surface area contributed by atoms with Crippen LogP contribution in [0.5, 0.6) is 5.75 Å². The fourth-order valence-corrected chi connectivity index (χ4v) is 3.55. The zero-order valence-corrected chi connectivity index (χ0v) is 13.9. The van der Waals surface area contributed by atoms with Crippen molar-refractivity contribution in [3.63, 3.8) is 0 Å². The van der Waals surface area contributed by atoms with Crippen molar-refractivity contribution in [1.29, 1.82) is 0 Å². The van der Waals surface area contributed by atoms with Gasteiger partial charge >= 0.3 is 0 Å². The molecule has 1 saturated heterocycles. The van der Waals surface area contributed by atoms with Crippen LogP contribution in [0, 0.1) is 5.92 Å². The molecule has 2 nitrogen and oxygen atoms in total. The minimum Gasteiger partial charge on any atom is -0.508 e. The first-order valence-electron chi connectivity index (χ1n) is 7.38. The molecule has 4 heteroatoms. The smallest absolute Gasteiger partial charge is 0.119 e. The van der Waals surface area contributed by atoms with E-state index in [0.29, 0.717) is 23.5 Å². The van der Waals surface area contributed by atoms with Crippen LogP contribution < -0.4 is 0 Å². The van der Waals surface area contributed by atoms with Gasteiger partial charge in [-0.05, 0) is 23.1 Å². The minimum atomic E-state index is 0. The average molecular weight is 338 g/mol. The maximum absolute atomic E-state index is 10.1. The molecule has 118 valence electrons. The van der Waals surface area contributed by atoms with E-state index in [4.69, 9.17) is 11.6 Å². The Bertz CT molecular complexity index is 591. The van der Waals surface area contributed by atoms with Crippen molar-refractivity contribution in [2.75, 3.05) is 19.0 Å². The van der Waals surface area contributed by atoms with Gasteiger partial charge in [-0.1, -0.05) is 48.5 Å². The second-order valence-corrected chi connectivity index (χ2v) is 6.07. The number of hydrogen-bond acceptors (Lipinski definition) is 2. The molecule has 2 atom stereocenters. The van der Waals surface area contributed by atoms with Gasteiger partial charge in [-0.25, -0.2) is 0 Å². The van der Waals surface area contributed by atoms with Crippen LogP contribution in [-0.2, 0) is 6.54 Å². The number of halogens is 2. The standard InChI is InChI=1S/C18H20ClNO.ClH/c19-10-15-12-20(11-14-6-2-1-3-7-14)13-17(15)16-8-4-5-9-18(16)21;/h1-9,15,17,21H,10-13H2;1H/t15-,17-;/m0./s1. The van der Waals surface area contributed by atoms with Crippen LogP contribution in [0.2, 0.25) is 0 Å². The predicted octanol–water partition coefficient (Wildman–Crippen LogP) is 4.27. The first kappa shape index (κ1) is 17.1. The molecule has 0 spiro atoms. The second-order valence-electron chi connectivity index (χ2n) is 5.76. The van der Waals surface area contributed by atoms with Gasteiger partial charge < -0.3 is 5.11 Å². The maximum Gasteiger partial charge on any atom is 0.119 e. The molecule has 0 amide bonds. The number of alkyl halides is 1. The van der Waals surface area contributed by atoms with Crippen LogP contribution >= 0.6 is 24.0 Å². The predicted molar refractivity (Wildman–Crippen MR) is 94.0 cm³/mol. The number of benzene rings is 2. The first-order chi connectivity index (χ1) is 10.3. The zero-order chi connectivity index (χ0) is 14.7. The number of rotatable bonds is 4. The van der Waals surface area contributed by atoms with Gasteiger partial charge in [0.25, 0.3) is 0 Å². The molecule has 1 heterocycles. The lowest BCUT2D eigenvalue weighted by Crippen LogP contribution is -2.20. The van der Waals surface area contributed by atoms with Crippen LogP contribution in [0.15, 0.2) is 54.6 Å². The molecule has 0 unspecified atom stereocenters. The molecule has 1 aliphatic heterocycles. The van der Waals surface area contributed by atoms with E-state index in [1.54, 1.807) is 6.07 Å². The summed E-state index contributed by atoms with van der Waals surface area (Å²) in [5, 5.41) is 10.1. The topological polar surface area (TPSA) is 23.5 Å². The summed E-state index contributed by atoms with van der Waals surface area (Å²) in [6.45, 7) is 2.87. The molecule has 3 rings (SSSR count). The normalized spacial score (nSPS) is 21.5. The Morgan fingerprint density at radius 1 is 1.00 bits per heavy atom. The third-order valence-electron chi connectivity index (χ3n) is 4.30. The lowest BCUT2D eigenvalue weighted by molar-refractivity contribution is 0.319. The Labute approximate surface area is 143 Å². The molecular formula is C18H21Cl2NO. The lowest BCUT2D eigenvalue weighted by Gasteiger charge is -2.17. The lowest BCUT2D eigenvalue weighted by atomic mass is 9.89. The van der Waals surface area contributed by atoms with Gasteiger partial charge in [-0.3, -0.25) is 4.90 Å². The monoisotopic (exact) mass is 337 g/mol. The van der Waals surface area contributed by atoms with E-state index in [1.165, 1.54) is 5.56 Å². The molecule has 0 radical (unpaired) electrons. The summed E-state index contributed by atoms with van der Waals surface area (Å²) in [6, 6.07) is 18.1. The number of nitrogens with zero attached hydrogens (tertiary/aromatic N) is 1. The molecule has 0 bridgehead atoms. The van der Waals surface area contributed by atoms with E-state index in [-0.39, 0.29) is 12.4 Å². The Morgan fingerprint density at radius 2 is 1.68 bits per heavy atom. The van der Waals surface area contributed by atoms with E-state index < -0.39 is 0 Å². The van der Waals surface area contributed by atoms with Gasteiger partial charge in [0.1, 0.15) is 5.75 Å². The van der Waals surface area contributed by atoms with Crippen molar-refractivity contribution < 1.29 is 5.11 Å². The van der Waals surface area contributed by atoms with Crippen molar-refractivity contribution in [3.8, 4) is 5.75 Å². The highest BCUT2D eigenvalue weighted by Crippen LogP contribution is 2.37. The Hall–Kier alpha value is -1.22. The third-order valence-corrected chi connectivity index (χ3v) is 4.70. The summed E-state index contributed by atoms with van der Waals surface area (Å²) in [7, 11) is 0. The summed E-state index contributed by atoms with van der Waals surface area (Å²) in [6.07, 6.45) is 0. The van der Waals surface area contributed by atoms with Crippen molar-refractivity contribution in [1.82, 2.24) is 4.90 Å². The molecular weight excluding hydrogens is 317 g/mol. The van der Waals surface area contributed by atoms with Crippen molar-refractivity contribution in [2.24, 2.45) is 5.92 Å². The zero-order valence-electron chi connectivity index (χ0n) is 12.4. The molecule has 0 aliphatic carbocycles. The number of hydrogen-bond donors (Lipinski definition) is 1. The Balaban J connectivity index is 0.00000176. The van der Waals surface area contributed by atoms with Crippen LogP contribution in [0.25, 0.3) is 0 Å². The van der Waals surface area contributed by atoms with Crippen LogP contribution in [0.3, 0.4) is 0 Å². The summed E-state index contributed by atoms with van der Waals surface area (Å²) in [5.74, 6) is 1.72. The van der Waals surface area contributed by atoms with Gasteiger partial charge in [-0.15, -0.1) is 24.0 Å². The van der Waals surface area contributed by atoms with E-state index in [0.717, 1.165) is 25.2 Å².